The third-order valence-corrected chi connectivity index (χ3v) is 6.87. The number of carbonyl (C=O) groups excluding carboxylic acids is 2. The van der Waals surface area contributed by atoms with Gasteiger partial charge in [0.25, 0.3) is 0 Å². The van der Waals surface area contributed by atoms with Crippen LogP contribution in [-0.4, -0.2) is 60.2 Å². The normalized spacial score (nSPS) is 17.4. The number of amides is 1. The van der Waals surface area contributed by atoms with E-state index in [0.29, 0.717) is 39.5 Å². The molecule has 1 unspecified atom stereocenters. The maximum Gasteiger partial charge on any atom is 0.230 e. The Morgan fingerprint density at radius 1 is 1.43 bits per heavy atom. The van der Waals surface area contributed by atoms with Crippen LogP contribution in [-0.2, 0) is 16.1 Å². The van der Waals surface area contributed by atoms with Gasteiger partial charge in [-0.3, -0.25) is 14.5 Å². The SMILES string of the molecule is O=Cc1csc(SCC(=O)NCC2CN(Cc3ccc(Cl)c(Cl)c3)CCO2)n1. The number of thiazole rings is 1. The van der Waals surface area contributed by atoms with Gasteiger partial charge in [0.1, 0.15) is 5.69 Å². The quantitative estimate of drug-likeness (QED) is 0.481. The highest BCUT2D eigenvalue weighted by molar-refractivity contribution is 8.01. The van der Waals surface area contributed by atoms with Crippen LogP contribution in [0.4, 0.5) is 0 Å². The van der Waals surface area contributed by atoms with Gasteiger partial charge in [0.05, 0.1) is 28.5 Å². The molecule has 1 aliphatic rings. The lowest BCUT2D eigenvalue weighted by atomic mass is 10.2. The summed E-state index contributed by atoms with van der Waals surface area (Å²) in [5, 5.41) is 5.67. The van der Waals surface area contributed by atoms with Crippen LogP contribution >= 0.6 is 46.3 Å². The molecule has 0 saturated carbocycles. The molecule has 28 heavy (non-hydrogen) atoms. The highest BCUT2D eigenvalue weighted by atomic mass is 35.5. The van der Waals surface area contributed by atoms with Crippen LogP contribution in [0.1, 0.15) is 16.1 Å². The van der Waals surface area contributed by atoms with E-state index in [2.05, 4.69) is 15.2 Å². The van der Waals surface area contributed by atoms with E-state index in [-0.39, 0.29) is 17.8 Å². The Morgan fingerprint density at radius 3 is 3.04 bits per heavy atom. The maximum atomic E-state index is 12.1. The number of aromatic nitrogens is 1. The van der Waals surface area contributed by atoms with Crippen molar-refractivity contribution in [3.63, 3.8) is 0 Å². The first-order chi connectivity index (χ1) is 13.5. The molecule has 1 aromatic heterocycles. The molecule has 10 heteroatoms. The summed E-state index contributed by atoms with van der Waals surface area (Å²) in [6.45, 7) is 3.37. The number of nitrogens with one attached hydrogen (secondary N) is 1. The third kappa shape index (κ3) is 6.43. The molecule has 0 spiro atoms. The summed E-state index contributed by atoms with van der Waals surface area (Å²) >= 11 is 14.7. The van der Waals surface area contributed by atoms with E-state index in [1.807, 2.05) is 12.1 Å². The fourth-order valence-electron chi connectivity index (χ4n) is 2.74. The molecular weight excluding hydrogens is 441 g/mol. The summed E-state index contributed by atoms with van der Waals surface area (Å²) in [4.78, 5) is 29.1. The average Bonchev–Trinajstić information content (AvgIpc) is 3.16. The second-order valence-electron chi connectivity index (χ2n) is 6.23. The first-order valence-corrected chi connectivity index (χ1v) is 11.2. The van der Waals surface area contributed by atoms with Crippen LogP contribution in [0, 0.1) is 0 Å². The zero-order valence-corrected chi connectivity index (χ0v) is 18.0. The van der Waals surface area contributed by atoms with Crippen molar-refractivity contribution in [2.75, 3.05) is 32.0 Å². The number of halogens is 2. The summed E-state index contributed by atoms with van der Waals surface area (Å²) in [6, 6.07) is 5.64. The van der Waals surface area contributed by atoms with E-state index >= 15 is 0 Å². The second-order valence-corrected chi connectivity index (χ2v) is 9.12. The van der Waals surface area contributed by atoms with Gasteiger partial charge in [0, 0.05) is 31.6 Å². The van der Waals surface area contributed by atoms with Gasteiger partial charge in [-0.2, -0.15) is 0 Å². The van der Waals surface area contributed by atoms with Crippen molar-refractivity contribution in [3.05, 3.63) is 44.9 Å². The molecule has 0 aliphatic carbocycles. The Labute approximate surface area is 181 Å². The van der Waals surface area contributed by atoms with Crippen LogP contribution in [0.25, 0.3) is 0 Å². The minimum absolute atomic E-state index is 0.0630. The van der Waals surface area contributed by atoms with Crippen molar-refractivity contribution < 1.29 is 14.3 Å². The van der Waals surface area contributed by atoms with E-state index in [1.54, 1.807) is 11.4 Å². The van der Waals surface area contributed by atoms with E-state index in [9.17, 15) is 9.59 Å². The van der Waals surface area contributed by atoms with Crippen LogP contribution in [0.2, 0.25) is 10.0 Å². The van der Waals surface area contributed by atoms with Gasteiger partial charge < -0.3 is 10.1 Å². The molecule has 0 radical (unpaired) electrons. The number of morpholine rings is 1. The van der Waals surface area contributed by atoms with Crippen LogP contribution < -0.4 is 5.32 Å². The van der Waals surface area contributed by atoms with Crippen molar-refractivity contribution in [2.24, 2.45) is 0 Å². The smallest absolute Gasteiger partial charge is 0.230 e. The lowest BCUT2D eigenvalue weighted by Crippen LogP contribution is -2.47. The molecular formula is C18H19Cl2N3O3S2. The molecule has 150 valence electrons. The summed E-state index contributed by atoms with van der Waals surface area (Å²) < 4.78 is 6.47. The molecule has 1 aliphatic heterocycles. The first-order valence-electron chi connectivity index (χ1n) is 8.61. The van der Waals surface area contributed by atoms with Gasteiger partial charge in [0.2, 0.25) is 5.91 Å². The Balaban J connectivity index is 1.40. The predicted molar refractivity (Wildman–Crippen MR) is 113 cm³/mol. The Morgan fingerprint density at radius 2 is 2.29 bits per heavy atom. The topological polar surface area (TPSA) is 71.5 Å². The molecule has 6 nitrogen and oxygen atoms in total. The molecule has 2 aromatic rings. The van der Waals surface area contributed by atoms with E-state index in [1.165, 1.54) is 23.1 Å². The van der Waals surface area contributed by atoms with Crippen molar-refractivity contribution in [1.82, 2.24) is 15.2 Å². The summed E-state index contributed by atoms with van der Waals surface area (Å²) in [5.74, 6) is 0.170. The lowest BCUT2D eigenvalue weighted by molar-refractivity contribution is -0.119. The number of rotatable bonds is 8. The highest BCUT2D eigenvalue weighted by Crippen LogP contribution is 2.24. The summed E-state index contributed by atoms with van der Waals surface area (Å²) in [7, 11) is 0. The monoisotopic (exact) mass is 459 g/mol. The Kier molecular flexibility index (Phi) is 8.13. The molecule has 0 bridgehead atoms. The molecule has 1 aromatic carbocycles. The number of hydrogen-bond donors (Lipinski definition) is 1. The lowest BCUT2D eigenvalue weighted by Gasteiger charge is -2.33. The van der Waals surface area contributed by atoms with Crippen molar-refractivity contribution >= 4 is 58.5 Å². The largest absolute Gasteiger partial charge is 0.374 e. The molecule has 1 saturated heterocycles. The molecule has 1 atom stereocenters. The van der Waals surface area contributed by atoms with Gasteiger partial charge in [-0.1, -0.05) is 41.0 Å². The maximum absolute atomic E-state index is 12.1. The van der Waals surface area contributed by atoms with Gasteiger partial charge in [-0.05, 0) is 17.7 Å². The predicted octanol–water partition coefficient (Wildman–Crippen LogP) is 3.37. The molecule has 2 heterocycles. The van der Waals surface area contributed by atoms with Crippen LogP contribution in [0.5, 0.6) is 0 Å². The Hall–Kier alpha value is -1.16. The summed E-state index contributed by atoms with van der Waals surface area (Å²) in [6.07, 6.45) is 0.636. The number of aldehydes is 1. The fourth-order valence-corrected chi connectivity index (χ4v) is 4.67. The number of ether oxygens (including phenoxy) is 1. The zero-order valence-electron chi connectivity index (χ0n) is 14.9. The third-order valence-electron chi connectivity index (χ3n) is 4.09. The standard InChI is InChI=1S/C18H19Cl2N3O3S2/c19-15-2-1-12(5-16(15)20)7-23-3-4-26-14(8-23)6-21-17(25)11-28-18-22-13(9-24)10-27-18/h1-2,5,9-10,14H,3-4,6-8,11H2,(H,21,25). The Bertz CT molecular complexity index is 834. The molecule has 1 N–H and O–H groups in total. The van der Waals surface area contributed by atoms with E-state index in [4.69, 9.17) is 27.9 Å². The number of thioether (sulfide) groups is 1. The molecule has 3 rings (SSSR count). The minimum Gasteiger partial charge on any atom is -0.374 e. The van der Waals surface area contributed by atoms with E-state index in [0.717, 1.165) is 25.2 Å². The van der Waals surface area contributed by atoms with Crippen LogP contribution in [0.15, 0.2) is 27.9 Å². The van der Waals surface area contributed by atoms with Gasteiger partial charge in [-0.25, -0.2) is 4.98 Å². The van der Waals surface area contributed by atoms with Gasteiger partial charge in [-0.15, -0.1) is 11.3 Å². The van der Waals surface area contributed by atoms with E-state index < -0.39 is 0 Å². The van der Waals surface area contributed by atoms with Gasteiger partial charge >= 0.3 is 0 Å². The van der Waals surface area contributed by atoms with Crippen molar-refractivity contribution in [3.8, 4) is 0 Å². The van der Waals surface area contributed by atoms with Crippen molar-refractivity contribution in [1.29, 1.82) is 0 Å². The second kappa shape index (κ2) is 10.6. The number of carbonyl (C=O) groups is 2. The van der Waals surface area contributed by atoms with Gasteiger partial charge in [0.15, 0.2) is 10.6 Å². The molecule has 1 amide bonds. The summed E-state index contributed by atoms with van der Waals surface area (Å²) in [5.41, 5.74) is 1.49. The van der Waals surface area contributed by atoms with Crippen molar-refractivity contribution in [2.45, 2.75) is 17.0 Å². The number of benzene rings is 1. The average molecular weight is 460 g/mol. The highest BCUT2D eigenvalue weighted by Gasteiger charge is 2.21. The fraction of sp³-hybridized carbons (Fsp3) is 0.389. The molecule has 1 fully saturated rings. The zero-order chi connectivity index (χ0) is 19.9. The first kappa shape index (κ1) is 21.5. The minimum atomic E-state index is -0.0851. The van der Waals surface area contributed by atoms with Crippen LogP contribution in [0.3, 0.4) is 0 Å². The number of hydrogen-bond acceptors (Lipinski definition) is 7. The number of nitrogens with zero attached hydrogens (tertiary/aromatic N) is 2.